The normalized spacial score (nSPS) is 12.2. The summed E-state index contributed by atoms with van der Waals surface area (Å²) in [5.74, 6) is 0.181. The Morgan fingerprint density at radius 3 is 2.83 bits per heavy atom. The minimum Gasteiger partial charge on any atom is -0.396 e. The van der Waals surface area contributed by atoms with E-state index in [-0.39, 0.29) is 18.4 Å². The number of amides is 1. The van der Waals surface area contributed by atoms with E-state index in [0.29, 0.717) is 25.1 Å². The highest BCUT2D eigenvalue weighted by molar-refractivity contribution is 5.95. The van der Waals surface area contributed by atoms with E-state index in [1.165, 1.54) is 0 Å². The monoisotopic (exact) mass is 251 g/mol. The predicted octanol–water partition coefficient (Wildman–Crippen LogP) is 1.58. The molecule has 0 heterocycles. The van der Waals surface area contributed by atoms with Crippen molar-refractivity contribution in [2.24, 2.45) is 5.92 Å². The van der Waals surface area contributed by atoms with Gasteiger partial charge in [-0.05, 0) is 24.0 Å². The molecule has 2 N–H and O–H groups in total. The van der Waals surface area contributed by atoms with Crippen molar-refractivity contribution >= 4 is 5.91 Å². The van der Waals surface area contributed by atoms with Gasteiger partial charge in [0.15, 0.2) is 0 Å². The Morgan fingerprint density at radius 1 is 1.44 bits per heavy atom. The Balaban J connectivity index is 2.60. The van der Waals surface area contributed by atoms with E-state index in [4.69, 9.17) is 9.84 Å². The lowest BCUT2D eigenvalue weighted by Crippen LogP contribution is -2.29. The van der Waals surface area contributed by atoms with Crippen molar-refractivity contribution in [2.75, 3.05) is 20.3 Å². The van der Waals surface area contributed by atoms with Crippen molar-refractivity contribution in [1.29, 1.82) is 0 Å². The zero-order valence-corrected chi connectivity index (χ0v) is 11.0. The zero-order valence-electron chi connectivity index (χ0n) is 11.0. The van der Waals surface area contributed by atoms with Crippen molar-refractivity contribution in [1.82, 2.24) is 5.32 Å². The topological polar surface area (TPSA) is 58.6 Å². The van der Waals surface area contributed by atoms with Crippen LogP contribution in [0.1, 0.15) is 29.3 Å². The molecule has 1 atom stereocenters. The molecule has 4 nitrogen and oxygen atoms in total. The lowest BCUT2D eigenvalue weighted by atomic mass is 10.1. The van der Waals surface area contributed by atoms with Crippen LogP contribution >= 0.6 is 0 Å². The van der Waals surface area contributed by atoms with Crippen molar-refractivity contribution in [2.45, 2.75) is 20.0 Å². The molecule has 1 unspecified atom stereocenters. The molecule has 1 aromatic carbocycles. The summed E-state index contributed by atoms with van der Waals surface area (Å²) >= 11 is 0. The molecule has 0 aliphatic rings. The second kappa shape index (κ2) is 7.84. The lowest BCUT2D eigenvalue weighted by Gasteiger charge is -2.13. The Morgan fingerprint density at radius 2 is 2.17 bits per heavy atom. The van der Waals surface area contributed by atoms with Crippen LogP contribution in [0.3, 0.4) is 0 Å². The van der Waals surface area contributed by atoms with E-state index in [9.17, 15) is 4.79 Å². The number of aliphatic hydroxyl groups is 1. The molecule has 0 spiro atoms. The Kier molecular flexibility index (Phi) is 6.39. The largest absolute Gasteiger partial charge is 0.396 e. The number of benzene rings is 1. The Hall–Kier alpha value is -1.39. The first-order chi connectivity index (χ1) is 8.69. The molecular formula is C14H21NO3. The maximum atomic E-state index is 12.0. The second-order valence-corrected chi connectivity index (χ2v) is 4.42. The SMILES string of the molecule is COCc1ccccc1C(=O)NCC(C)CCO. The molecule has 1 aromatic rings. The van der Waals surface area contributed by atoms with Gasteiger partial charge in [-0.2, -0.15) is 0 Å². The molecule has 0 aromatic heterocycles. The van der Waals surface area contributed by atoms with Gasteiger partial charge in [0.2, 0.25) is 0 Å². The van der Waals surface area contributed by atoms with Crippen LogP contribution in [-0.2, 0) is 11.3 Å². The summed E-state index contributed by atoms with van der Waals surface area (Å²) in [7, 11) is 1.61. The van der Waals surface area contributed by atoms with E-state index in [0.717, 1.165) is 5.56 Å². The molecule has 18 heavy (non-hydrogen) atoms. The van der Waals surface area contributed by atoms with Gasteiger partial charge in [-0.25, -0.2) is 0 Å². The minimum atomic E-state index is -0.0903. The number of hydrogen-bond acceptors (Lipinski definition) is 3. The highest BCUT2D eigenvalue weighted by Gasteiger charge is 2.11. The molecule has 0 aliphatic heterocycles. The van der Waals surface area contributed by atoms with Gasteiger partial charge in [-0.1, -0.05) is 25.1 Å². The van der Waals surface area contributed by atoms with Crippen LogP contribution < -0.4 is 5.32 Å². The van der Waals surface area contributed by atoms with Crippen molar-refractivity contribution in [3.8, 4) is 0 Å². The first-order valence-corrected chi connectivity index (χ1v) is 6.15. The summed E-state index contributed by atoms with van der Waals surface area (Å²) in [4.78, 5) is 12.0. The van der Waals surface area contributed by atoms with Crippen LogP contribution in [-0.4, -0.2) is 31.3 Å². The maximum absolute atomic E-state index is 12.0. The number of carbonyl (C=O) groups excluding carboxylic acids is 1. The second-order valence-electron chi connectivity index (χ2n) is 4.42. The summed E-state index contributed by atoms with van der Waals surface area (Å²) < 4.78 is 5.07. The van der Waals surface area contributed by atoms with Crippen LogP contribution in [0.5, 0.6) is 0 Å². The van der Waals surface area contributed by atoms with Crippen LogP contribution in [0, 0.1) is 5.92 Å². The average molecular weight is 251 g/mol. The number of hydrogen-bond donors (Lipinski definition) is 2. The van der Waals surface area contributed by atoms with Gasteiger partial charge in [0.05, 0.1) is 6.61 Å². The molecule has 1 amide bonds. The van der Waals surface area contributed by atoms with E-state index < -0.39 is 0 Å². The molecule has 0 saturated heterocycles. The minimum absolute atomic E-state index is 0.0903. The third kappa shape index (κ3) is 4.47. The number of ether oxygens (including phenoxy) is 1. The summed E-state index contributed by atoms with van der Waals surface area (Å²) in [5.41, 5.74) is 1.53. The molecule has 0 fully saturated rings. The molecular weight excluding hydrogens is 230 g/mol. The summed E-state index contributed by atoms with van der Waals surface area (Å²) in [6, 6.07) is 7.40. The van der Waals surface area contributed by atoms with Crippen LogP contribution in [0.25, 0.3) is 0 Å². The van der Waals surface area contributed by atoms with E-state index in [1.807, 2.05) is 25.1 Å². The standard InChI is InChI=1S/C14H21NO3/c1-11(7-8-16)9-15-14(17)13-6-4-3-5-12(13)10-18-2/h3-6,11,16H,7-10H2,1-2H3,(H,15,17). The fourth-order valence-corrected chi connectivity index (χ4v) is 1.71. The first kappa shape index (κ1) is 14.7. The van der Waals surface area contributed by atoms with E-state index >= 15 is 0 Å². The third-order valence-electron chi connectivity index (χ3n) is 2.79. The van der Waals surface area contributed by atoms with Gasteiger partial charge >= 0.3 is 0 Å². The van der Waals surface area contributed by atoms with Crippen LogP contribution in [0.2, 0.25) is 0 Å². The number of methoxy groups -OCH3 is 1. The zero-order chi connectivity index (χ0) is 13.4. The molecule has 4 heteroatoms. The summed E-state index contributed by atoms with van der Waals surface area (Å²) in [6.07, 6.45) is 0.694. The molecule has 0 radical (unpaired) electrons. The number of carbonyl (C=O) groups is 1. The van der Waals surface area contributed by atoms with E-state index in [2.05, 4.69) is 5.32 Å². The fraction of sp³-hybridized carbons (Fsp3) is 0.500. The van der Waals surface area contributed by atoms with Crippen LogP contribution in [0.15, 0.2) is 24.3 Å². The maximum Gasteiger partial charge on any atom is 0.251 e. The van der Waals surface area contributed by atoms with Crippen LogP contribution in [0.4, 0.5) is 0 Å². The third-order valence-corrected chi connectivity index (χ3v) is 2.79. The van der Waals surface area contributed by atoms with Gasteiger partial charge in [0.1, 0.15) is 0 Å². The smallest absolute Gasteiger partial charge is 0.251 e. The fourth-order valence-electron chi connectivity index (χ4n) is 1.71. The van der Waals surface area contributed by atoms with Gasteiger partial charge < -0.3 is 15.2 Å². The number of rotatable bonds is 7. The van der Waals surface area contributed by atoms with Crippen molar-refractivity contribution < 1.29 is 14.6 Å². The quantitative estimate of drug-likeness (QED) is 0.773. The number of aliphatic hydroxyl groups excluding tert-OH is 1. The summed E-state index contributed by atoms with van der Waals surface area (Å²) in [6.45, 7) is 3.14. The average Bonchev–Trinajstić information content (AvgIpc) is 2.37. The predicted molar refractivity (Wildman–Crippen MR) is 70.4 cm³/mol. The van der Waals surface area contributed by atoms with Gasteiger partial charge in [-0.3, -0.25) is 4.79 Å². The molecule has 1 rings (SSSR count). The highest BCUT2D eigenvalue weighted by Crippen LogP contribution is 2.10. The summed E-state index contributed by atoms with van der Waals surface area (Å²) in [5, 5.41) is 11.7. The molecule has 0 saturated carbocycles. The Bertz CT molecular complexity index is 379. The van der Waals surface area contributed by atoms with Crippen molar-refractivity contribution in [3.63, 3.8) is 0 Å². The van der Waals surface area contributed by atoms with Gasteiger partial charge in [0.25, 0.3) is 5.91 Å². The molecule has 100 valence electrons. The molecule has 0 aliphatic carbocycles. The van der Waals surface area contributed by atoms with E-state index in [1.54, 1.807) is 13.2 Å². The molecule has 0 bridgehead atoms. The number of nitrogens with one attached hydrogen (secondary N) is 1. The lowest BCUT2D eigenvalue weighted by molar-refractivity contribution is 0.0940. The van der Waals surface area contributed by atoms with Gasteiger partial charge in [0, 0.05) is 25.8 Å². The first-order valence-electron chi connectivity index (χ1n) is 6.15. The highest BCUT2D eigenvalue weighted by atomic mass is 16.5. The van der Waals surface area contributed by atoms with Gasteiger partial charge in [-0.15, -0.1) is 0 Å². The Labute approximate surface area is 108 Å². The van der Waals surface area contributed by atoms with Crippen molar-refractivity contribution in [3.05, 3.63) is 35.4 Å².